The second-order valence-corrected chi connectivity index (χ2v) is 7.55. The van der Waals surface area contributed by atoms with Crippen LogP contribution in [0.4, 0.5) is 5.82 Å². The number of pyridine rings is 2. The molecule has 0 aliphatic carbocycles. The predicted octanol–water partition coefficient (Wildman–Crippen LogP) is 4.09. The van der Waals surface area contributed by atoms with Crippen molar-refractivity contribution < 1.29 is 4.79 Å². The average molecular weight is 444 g/mol. The lowest BCUT2D eigenvalue weighted by atomic mass is 10.1. The summed E-state index contributed by atoms with van der Waals surface area (Å²) >= 11 is 0. The third-order valence-corrected chi connectivity index (χ3v) is 5.39. The van der Waals surface area contributed by atoms with Gasteiger partial charge in [0.05, 0.1) is 17.8 Å². The Morgan fingerprint density at radius 1 is 0.971 bits per heavy atom. The highest BCUT2D eigenvalue weighted by Gasteiger charge is 2.19. The van der Waals surface area contributed by atoms with Gasteiger partial charge in [-0.3, -0.25) is 9.36 Å². The van der Waals surface area contributed by atoms with Crippen LogP contribution >= 0.6 is 0 Å². The summed E-state index contributed by atoms with van der Waals surface area (Å²) in [6, 6.07) is 24.7. The zero-order chi connectivity index (χ0) is 23.5. The molecule has 1 amide bonds. The van der Waals surface area contributed by atoms with Crippen LogP contribution in [0.25, 0.3) is 39.5 Å². The highest BCUT2D eigenvalue weighted by Crippen LogP contribution is 2.31. The topological polar surface area (TPSA) is 98.7 Å². The Balaban J connectivity index is 1.69. The molecule has 2 aromatic carbocycles. The molecule has 3 aromatic heterocycles. The minimum absolute atomic E-state index is 0.170. The van der Waals surface area contributed by atoms with Crippen LogP contribution in [0.1, 0.15) is 10.4 Å². The molecule has 0 saturated heterocycles. The maximum atomic E-state index is 12.3. The van der Waals surface area contributed by atoms with E-state index in [1.165, 1.54) is 0 Å². The van der Waals surface area contributed by atoms with Gasteiger partial charge in [-0.25, -0.2) is 15.0 Å². The number of nitrogens with two attached hydrogens (primary N) is 1. The first kappa shape index (κ1) is 20.9. The van der Waals surface area contributed by atoms with E-state index < -0.39 is 0 Å². The van der Waals surface area contributed by atoms with E-state index in [9.17, 15) is 4.79 Å². The molecule has 0 saturated carbocycles. The molecule has 0 bridgehead atoms. The van der Waals surface area contributed by atoms with Crippen molar-refractivity contribution in [1.29, 1.82) is 0 Å². The van der Waals surface area contributed by atoms with Crippen molar-refractivity contribution in [3.05, 3.63) is 90.6 Å². The quantitative estimate of drug-likeness (QED) is 0.398. The van der Waals surface area contributed by atoms with Gasteiger partial charge in [0.2, 0.25) is 0 Å². The number of benzene rings is 2. The van der Waals surface area contributed by atoms with Gasteiger partial charge >= 0.3 is 0 Å². The van der Waals surface area contributed by atoms with E-state index in [1.807, 2.05) is 71.3 Å². The number of fused-ring (bicyclic) bond motifs is 1. The molecule has 3 heterocycles. The number of terminal acetylenes is 1. The van der Waals surface area contributed by atoms with Gasteiger partial charge in [0.25, 0.3) is 5.91 Å². The Morgan fingerprint density at radius 2 is 1.76 bits per heavy atom. The van der Waals surface area contributed by atoms with E-state index >= 15 is 0 Å². The highest BCUT2D eigenvalue weighted by atomic mass is 16.1. The molecule has 164 valence electrons. The minimum atomic E-state index is -0.235. The number of imidazole rings is 1. The van der Waals surface area contributed by atoms with Crippen molar-refractivity contribution in [2.75, 3.05) is 12.3 Å². The molecule has 0 radical (unpaired) electrons. The van der Waals surface area contributed by atoms with Crippen LogP contribution in [0, 0.1) is 12.3 Å². The fraction of sp³-hybridized carbons (Fsp3) is 0.0370. The first-order valence-corrected chi connectivity index (χ1v) is 10.6. The second-order valence-electron chi connectivity index (χ2n) is 7.55. The van der Waals surface area contributed by atoms with E-state index in [2.05, 4.69) is 16.2 Å². The van der Waals surface area contributed by atoms with E-state index in [0.29, 0.717) is 33.9 Å². The maximum absolute atomic E-state index is 12.3. The van der Waals surface area contributed by atoms with Gasteiger partial charge in [0, 0.05) is 23.0 Å². The van der Waals surface area contributed by atoms with Gasteiger partial charge in [0.15, 0.2) is 11.5 Å². The molecule has 0 atom stereocenters. The van der Waals surface area contributed by atoms with Crippen molar-refractivity contribution in [3.8, 4) is 40.7 Å². The van der Waals surface area contributed by atoms with Crippen LogP contribution in [0.15, 0.2) is 85.1 Å². The largest absolute Gasteiger partial charge is 0.383 e. The first-order chi connectivity index (χ1) is 16.7. The molecule has 7 nitrogen and oxygen atoms in total. The van der Waals surface area contributed by atoms with Crippen molar-refractivity contribution >= 4 is 22.9 Å². The fourth-order valence-electron chi connectivity index (χ4n) is 3.75. The zero-order valence-electron chi connectivity index (χ0n) is 18.1. The molecule has 7 heteroatoms. The maximum Gasteiger partial charge on any atom is 0.252 e. The summed E-state index contributed by atoms with van der Waals surface area (Å²) in [4.78, 5) is 26.3. The molecule has 0 unspecified atom stereocenters. The highest BCUT2D eigenvalue weighted by molar-refractivity contribution is 5.94. The molecule has 5 rings (SSSR count). The van der Waals surface area contributed by atoms with Gasteiger partial charge in [-0.2, -0.15) is 0 Å². The SMILES string of the molecule is C#CCNC(=O)c1ccc(-n2c(-c3cccnc3N)nc3ccc(-c4ccccc4)nc32)cc1. The Labute approximate surface area is 196 Å². The number of aromatic nitrogens is 4. The lowest BCUT2D eigenvalue weighted by Gasteiger charge is -2.11. The summed E-state index contributed by atoms with van der Waals surface area (Å²) in [6.45, 7) is 0.170. The zero-order valence-corrected chi connectivity index (χ0v) is 18.1. The Bertz CT molecular complexity index is 1530. The average Bonchev–Trinajstić information content (AvgIpc) is 3.26. The Morgan fingerprint density at radius 3 is 2.50 bits per heavy atom. The Hall–Kier alpha value is -4.96. The normalized spacial score (nSPS) is 10.7. The third-order valence-electron chi connectivity index (χ3n) is 5.39. The summed E-state index contributed by atoms with van der Waals surface area (Å²) < 4.78 is 1.93. The van der Waals surface area contributed by atoms with Crippen molar-refractivity contribution in [2.45, 2.75) is 0 Å². The number of hydrogen-bond acceptors (Lipinski definition) is 5. The number of hydrogen-bond donors (Lipinski definition) is 2. The molecule has 34 heavy (non-hydrogen) atoms. The Kier molecular flexibility index (Phi) is 5.46. The number of amides is 1. The summed E-state index contributed by atoms with van der Waals surface area (Å²) in [5.41, 5.74) is 11.4. The van der Waals surface area contributed by atoms with E-state index in [1.54, 1.807) is 18.3 Å². The lowest BCUT2D eigenvalue weighted by Crippen LogP contribution is -2.23. The smallest absolute Gasteiger partial charge is 0.252 e. The minimum Gasteiger partial charge on any atom is -0.383 e. The summed E-state index contributed by atoms with van der Waals surface area (Å²) in [7, 11) is 0. The number of carbonyl (C=O) groups is 1. The summed E-state index contributed by atoms with van der Waals surface area (Å²) in [6.07, 6.45) is 6.88. The van der Waals surface area contributed by atoms with Crippen molar-refractivity contribution in [1.82, 2.24) is 24.8 Å². The van der Waals surface area contributed by atoms with Crippen molar-refractivity contribution in [3.63, 3.8) is 0 Å². The molecule has 0 aliphatic rings. The van der Waals surface area contributed by atoms with Crippen LogP contribution in [0.2, 0.25) is 0 Å². The van der Waals surface area contributed by atoms with Crippen LogP contribution in [0.5, 0.6) is 0 Å². The number of rotatable bonds is 5. The first-order valence-electron chi connectivity index (χ1n) is 10.6. The number of anilines is 1. The number of nitrogens with one attached hydrogen (secondary N) is 1. The van der Waals surface area contributed by atoms with Gasteiger partial charge in [-0.1, -0.05) is 36.3 Å². The molecule has 5 aromatic rings. The molecule has 0 spiro atoms. The van der Waals surface area contributed by atoms with E-state index in [0.717, 1.165) is 16.9 Å². The lowest BCUT2D eigenvalue weighted by molar-refractivity contribution is 0.0958. The van der Waals surface area contributed by atoms with Gasteiger partial charge < -0.3 is 11.1 Å². The molecule has 3 N–H and O–H groups in total. The fourth-order valence-corrected chi connectivity index (χ4v) is 3.75. The monoisotopic (exact) mass is 444 g/mol. The van der Waals surface area contributed by atoms with Gasteiger partial charge in [-0.15, -0.1) is 6.42 Å². The van der Waals surface area contributed by atoms with E-state index in [4.69, 9.17) is 22.1 Å². The third kappa shape index (κ3) is 3.85. The molecular formula is C27H20N6O. The van der Waals surface area contributed by atoms with Crippen LogP contribution in [-0.4, -0.2) is 32.0 Å². The van der Waals surface area contributed by atoms with E-state index in [-0.39, 0.29) is 12.5 Å². The van der Waals surface area contributed by atoms with Gasteiger partial charge in [-0.05, 0) is 48.5 Å². The number of nitrogen functional groups attached to an aromatic ring is 1. The van der Waals surface area contributed by atoms with Gasteiger partial charge in [0.1, 0.15) is 11.3 Å². The van der Waals surface area contributed by atoms with Crippen LogP contribution in [-0.2, 0) is 0 Å². The van der Waals surface area contributed by atoms with Crippen LogP contribution < -0.4 is 11.1 Å². The molecule has 0 fully saturated rings. The summed E-state index contributed by atoms with van der Waals surface area (Å²) in [5.74, 6) is 3.15. The number of nitrogens with zero attached hydrogens (tertiary/aromatic N) is 4. The second kappa shape index (κ2) is 8.88. The number of carbonyl (C=O) groups excluding carboxylic acids is 1. The molecule has 0 aliphatic heterocycles. The predicted molar refractivity (Wildman–Crippen MR) is 133 cm³/mol. The molecular weight excluding hydrogens is 424 g/mol. The standard InChI is InChI=1S/C27H20N6O/c1-2-16-30-27(34)19-10-12-20(13-11-19)33-25(21-9-6-17-29-24(21)28)32-23-15-14-22(31-26(23)33)18-7-4-3-5-8-18/h1,3-15,17H,16H2,(H2,28,29)(H,30,34). The summed E-state index contributed by atoms with van der Waals surface area (Å²) in [5, 5.41) is 2.67. The van der Waals surface area contributed by atoms with Crippen LogP contribution in [0.3, 0.4) is 0 Å². The van der Waals surface area contributed by atoms with Crippen molar-refractivity contribution in [2.24, 2.45) is 0 Å².